The molecule has 0 radical (unpaired) electrons. The molecule has 0 aromatic heterocycles. The molecular formula is C24H16Cl3F3N2O2. The van der Waals surface area contributed by atoms with Gasteiger partial charge in [0.25, 0.3) is 11.5 Å². The molecule has 4 nitrogen and oxygen atoms in total. The molecule has 1 aliphatic rings. The van der Waals surface area contributed by atoms with Gasteiger partial charge in [0.1, 0.15) is 0 Å². The van der Waals surface area contributed by atoms with Gasteiger partial charge < -0.3 is 10.2 Å². The highest BCUT2D eigenvalue weighted by atomic mass is 35.5. The number of carbonyl (C=O) groups excluding carboxylic acids is 1. The predicted octanol–water partition coefficient (Wildman–Crippen LogP) is 7.16. The normalized spacial score (nSPS) is 17.8. The van der Waals surface area contributed by atoms with E-state index >= 15 is 0 Å². The molecular weight excluding hydrogens is 512 g/mol. The number of benzene rings is 3. The van der Waals surface area contributed by atoms with E-state index in [0.29, 0.717) is 16.1 Å². The van der Waals surface area contributed by atoms with Gasteiger partial charge >= 0.3 is 6.18 Å². The number of oxime groups is 1. The molecule has 0 saturated heterocycles. The molecule has 1 aliphatic heterocycles. The smallest absolute Gasteiger partial charge is 0.374 e. The Hall–Kier alpha value is -2.74. The third-order valence-electron chi connectivity index (χ3n) is 5.37. The summed E-state index contributed by atoms with van der Waals surface area (Å²) in [5, 5.41) is 6.96. The van der Waals surface area contributed by atoms with Gasteiger partial charge in [-0.1, -0.05) is 76.4 Å². The highest BCUT2D eigenvalue weighted by Gasteiger charge is 2.62. The molecule has 176 valence electrons. The van der Waals surface area contributed by atoms with E-state index in [1.54, 1.807) is 48.5 Å². The van der Waals surface area contributed by atoms with Gasteiger partial charge in [0.15, 0.2) is 0 Å². The van der Waals surface area contributed by atoms with E-state index in [4.69, 9.17) is 39.6 Å². The lowest BCUT2D eigenvalue weighted by Gasteiger charge is -2.29. The van der Waals surface area contributed by atoms with Crippen molar-refractivity contribution in [3.05, 3.63) is 104 Å². The number of rotatable bonds is 5. The van der Waals surface area contributed by atoms with Crippen LogP contribution in [0.3, 0.4) is 0 Å². The van der Waals surface area contributed by atoms with E-state index in [2.05, 4.69) is 10.5 Å². The van der Waals surface area contributed by atoms with Crippen molar-refractivity contribution in [1.82, 2.24) is 5.32 Å². The summed E-state index contributed by atoms with van der Waals surface area (Å²) in [5.74, 6) is -0.335. The number of nitrogens with one attached hydrogen (secondary N) is 1. The minimum absolute atomic E-state index is 0.0614. The van der Waals surface area contributed by atoms with E-state index < -0.39 is 18.2 Å². The SMILES string of the molecule is O=C(NCc1ccc(C2=NOC(c3cc(Cl)cc(Cl)c3)(C(F)(F)F)C2)cc1)c1ccccc1Cl. The van der Waals surface area contributed by atoms with Crippen molar-refractivity contribution in [2.24, 2.45) is 5.16 Å². The Bertz CT molecular complexity index is 1240. The zero-order valence-electron chi connectivity index (χ0n) is 17.3. The first-order valence-electron chi connectivity index (χ1n) is 9.99. The summed E-state index contributed by atoms with van der Waals surface area (Å²) in [6, 6.07) is 17.0. The van der Waals surface area contributed by atoms with Crippen molar-refractivity contribution in [2.75, 3.05) is 0 Å². The van der Waals surface area contributed by atoms with Crippen LogP contribution in [0.15, 0.2) is 71.9 Å². The van der Waals surface area contributed by atoms with E-state index in [-0.39, 0.29) is 33.8 Å². The number of alkyl halides is 3. The maximum atomic E-state index is 14.1. The third-order valence-corrected chi connectivity index (χ3v) is 6.14. The van der Waals surface area contributed by atoms with Crippen LogP contribution in [0.25, 0.3) is 0 Å². The first-order valence-corrected chi connectivity index (χ1v) is 11.1. The monoisotopic (exact) mass is 526 g/mol. The minimum Gasteiger partial charge on any atom is -0.374 e. The van der Waals surface area contributed by atoms with Crippen molar-refractivity contribution >= 4 is 46.4 Å². The number of amides is 1. The molecule has 1 amide bonds. The van der Waals surface area contributed by atoms with Crippen molar-refractivity contribution in [3.8, 4) is 0 Å². The molecule has 1 N–H and O–H groups in total. The van der Waals surface area contributed by atoms with Crippen LogP contribution in [0.4, 0.5) is 13.2 Å². The van der Waals surface area contributed by atoms with Crippen LogP contribution in [0.2, 0.25) is 15.1 Å². The third kappa shape index (κ3) is 4.87. The summed E-state index contributed by atoms with van der Waals surface area (Å²) < 4.78 is 42.4. The fourth-order valence-corrected chi connectivity index (χ4v) is 4.33. The summed E-state index contributed by atoms with van der Waals surface area (Å²) in [6.45, 7) is 0.209. The number of hydrogen-bond donors (Lipinski definition) is 1. The topological polar surface area (TPSA) is 50.7 Å². The Balaban J connectivity index is 1.49. The zero-order chi connectivity index (χ0) is 24.5. The van der Waals surface area contributed by atoms with E-state index in [1.807, 2.05) is 0 Å². The quantitative estimate of drug-likeness (QED) is 0.383. The fourth-order valence-electron chi connectivity index (χ4n) is 3.58. The Labute approximate surface area is 208 Å². The average molecular weight is 528 g/mol. The van der Waals surface area contributed by atoms with E-state index in [1.165, 1.54) is 18.2 Å². The molecule has 4 rings (SSSR count). The Morgan fingerprint density at radius 1 is 1.00 bits per heavy atom. The first-order chi connectivity index (χ1) is 16.1. The summed E-state index contributed by atoms with van der Waals surface area (Å²) in [4.78, 5) is 17.3. The highest BCUT2D eigenvalue weighted by molar-refractivity contribution is 6.34. The van der Waals surface area contributed by atoms with Crippen molar-refractivity contribution < 1.29 is 22.8 Å². The maximum Gasteiger partial charge on any atom is 0.435 e. The average Bonchev–Trinajstić information content (AvgIpc) is 3.25. The van der Waals surface area contributed by atoms with Gasteiger partial charge in [-0.25, -0.2) is 0 Å². The van der Waals surface area contributed by atoms with E-state index in [0.717, 1.165) is 5.56 Å². The first kappa shape index (κ1) is 24.4. The van der Waals surface area contributed by atoms with Crippen LogP contribution >= 0.6 is 34.8 Å². The Morgan fingerprint density at radius 2 is 1.65 bits per heavy atom. The van der Waals surface area contributed by atoms with Crippen molar-refractivity contribution in [1.29, 1.82) is 0 Å². The highest BCUT2D eigenvalue weighted by Crippen LogP contribution is 2.49. The van der Waals surface area contributed by atoms with Crippen molar-refractivity contribution in [2.45, 2.75) is 24.7 Å². The van der Waals surface area contributed by atoms with Gasteiger partial charge in [0.2, 0.25) is 0 Å². The number of carbonyl (C=O) groups is 1. The molecule has 10 heteroatoms. The molecule has 1 heterocycles. The second-order valence-electron chi connectivity index (χ2n) is 7.65. The van der Waals surface area contributed by atoms with E-state index in [9.17, 15) is 18.0 Å². The summed E-state index contributed by atoms with van der Waals surface area (Å²) in [7, 11) is 0. The van der Waals surface area contributed by atoms with Gasteiger partial charge in [-0.3, -0.25) is 4.79 Å². The number of hydrogen-bond acceptors (Lipinski definition) is 3. The molecule has 1 atom stereocenters. The summed E-state index contributed by atoms with van der Waals surface area (Å²) in [5.41, 5.74) is -1.25. The Morgan fingerprint density at radius 3 is 2.26 bits per heavy atom. The predicted molar refractivity (Wildman–Crippen MR) is 125 cm³/mol. The largest absolute Gasteiger partial charge is 0.435 e. The Kier molecular flexibility index (Phi) is 6.80. The van der Waals surface area contributed by atoms with Gasteiger partial charge in [-0.15, -0.1) is 0 Å². The molecule has 3 aromatic rings. The lowest BCUT2D eigenvalue weighted by molar-refractivity contribution is -0.275. The number of halogens is 6. The van der Waals surface area contributed by atoms with Gasteiger partial charge in [-0.2, -0.15) is 13.2 Å². The second-order valence-corrected chi connectivity index (χ2v) is 8.93. The minimum atomic E-state index is -4.77. The van der Waals surface area contributed by atoms with Crippen LogP contribution in [-0.2, 0) is 17.0 Å². The van der Waals surface area contributed by atoms with Gasteiger partial charge in [0, 0.05) is 28.6 Å². The van der Waals surface area contributed by atoms with Crippen LogP contribution in [-0.4, -0.2) is 17.8 Å². The van der Waals surface area contributed by atoms with Crippen LogP contribution in [0, 0.1) is 0 Å². The molecule has 1 unspecified atom stereocenters. The number of nitrogens with zero attached hydrogens (tertiary/aromatic N) is 1. The van der Waals surface area contributed by atoms with Gasteiger partial charge in [0.05, 0.1) is 16.3 Å². The van der Waals surface area contributed by atoms with Gasteiger partial charge in [-0.05, 0) is 41.5 Å². The molecule has 34 heavy (non-hydrogen) atoms. The lowest BCUT2D eigenvalue weighted by atomic mass is 9.86. The standard InChI is InChI=1S/C24H16Cl3F3N2O2/c25-17-9-16(10-18(26)11-17)23(24(28,29)30)12-21(32-34-23)15-7-5-14(6-8-15)13-31-22(33)19-3-1-2-4-20(19)27/h1-11H,12-13H2,(H,31,33). The van der Waals surface area contributed by atoms with Crippen LogP contribution in [0.1, 0.15) is 33.5 Å². The summed E-state index contributed by atoms with van der Waals surface area (Å²) >= 11 is 17.9. The molecule has 0 fully saturated rings. The zero-order valence-corrected chi connectivity index (χ0v) is 19.6. The summed E-state index contributed by atoms with van der Waals surface area (Å²) in [6.07, 6.45) is -5.31. The molecule has 0 aliphatic carbocycles. The van der Waals surface area contributed by atoms with Crippen LogP contribution in [0.5, 0.6) is 0 Å². The van der Waals surface area contributed by atoms with Crippen LogP contribution < -0.4 is 5.32 Å². The fraction of sp³-hybridized carbons (Fsp3) is 0.167. The van der Waals surface area contributed by atoms with Crippen molar-refractivity contribution in [3.63, 3.8) is 0 Å². The molecule has 0 saturated carbocycles. The maximum absolute atomic E-state index is 14.1. The molecule has 0 bridgehead atoms. The lowest BCUT2D eigenvalue weighted by Crippen LogP contribution is -2.42. The second kappa shape index (κ2) is 9.49. The molecule has 3 aromatic carbocycles. The molecule has 0 spiro atoms.